The summed E-state index contributed by atoms with van der Waals surface area (Å²) in [6.07, 6.45) is 1.46. The molecule has 5 aromatic rings. The second kappa shape index (κ2) is 12.1. The van der Waals surface area contributed by atoms with E-state index in [1.165, 1.54) is 0 Å². The van der Waals surface area contributed by atoms with Crippen LogP contribution in [-0.2, 0) is 11.2 Å². The Morgan fingerprint density at radius 1 is 0.667 bits per heavy atom. The van der Waals surface area contributed by atoms with Gasteiger partial charge < -0.3 is 24.8 Å². The maximum Gasteiger partial charge on any atom is 0.287 e. The van der Waals surface area contributed by atoms with Gasteiger partial charge in [-0.3, -0.25) is 14.4 Å². The van der Waals surface area contributed by atoms with Crippen molar-refractivity contribution in [2.75, 3.05) is 13.1 Å². The largest absolute Gasteiger partial charge is 0.451 e. The molecule has 39 heavy (non-hydrogen) atoms. The first-order valence-corrected chi connectivity index (χ1v) is 12.9. The Labute approximate surface area is 225 Å². The zero-order valence-electron chi connectivity index (χ0n) is 21.3. The van der Waals surface area contributed by atoms with Crippen LogP contribution >= 0.6 is 0 Å². The molecule has 0 unspecified atom stereocenters. The van der Waals surface area contributed by atoms with Gasteiger partial charge in [0.1, 0.15) is 17.2 Å². The van der Waals surface area contributed by atoms with Crippen LogP contribution in [0.1, 0.15) is 39.5 Å². The molecule has 2 heterocycles. The minimum atomic E-state index is -0.801. The molecule has 3 amide bonds. The number of rotatable bonds is 11. The van der Waals surface area contributed by atoms with Crippen molar-refractivity contribution >= 4 is 39.7 Å². The van der Waals surface area contributed by atoms with Gasteiger partial charge in [-0.1, -0.05) is 66.7 Å². The van der Waals surface area contributed by atoms with Crippen molar-refractivity contribution in [1.82, 2.24) is 16.0 Å². The van der Waals surface area contributed by atoms with E-state index in [-0.39, 0.29) is 23.3 Å². The van der Waals surface area contributed by atoms with Crippen LogP contribution in [-0.4, -0.2) is 36.9 Å². The lowest BCUT2D eigenvalue weighted by molar-refractivity contribution is -0.123. The summed E-state index contributed by atoms with van der Waals surface area (Å²) in [5.74, 6) is -0.734. The van der Waals surface area contributed by atoms with E-state index in [9.17, 15) is 14.4 Å². The maximum absolute atomic E-state index is 13.1. The molecule has 0 aliphatic carbocycles. The van der Waals surface area contributed by atoms with Gasteiger partial charge in [0.25, 0.3) is 11.8 Å². The number of nitrogens with one attached hydrogen (secondary N) is 3. The van der Waals surface area contributed by atoms with Crippen LogP contribution in [0.25, 0.3) is 21.9 Å². The molecule has 8 nitrogen and oxygen atoms in total. The third-order valence-corrected chi connectivity index (χ3v) is 6.43. The molecule has 8 heteroatoms. The molecule has 0 bridgehead atoms. The Morgan fingerprint density at radius 3 is 1.90 bits per heavy atom. The van der Waals surface area contributed by atoms with Crippen molar-refractivity contribution in [3.05, 3.63) is 108 Å². The minimum absolute atomic E-state index is 0.136. The first-order valence-electron chi connectivity index (χ1n) is 12.9. The predicted molar refractivity (Wildman–Crippen MR) is 148 cm³/mol. The zero-order chi connectivity index (χ0) is 27.0. The van der Waals surface area contributed by atoms with Gasteiger partial charge in [0, 0.05) is 23.9 Å². The lowest BCUT2D eigenvalue weighted by Crippen LogP contribution is -2.47. The summed E-state index contributed by atoms with van der Waals surface area (Å²) in [7, 11) is 0. The average Bonchev–Trinajstić information content (AvgIpc) is 3.60. The molecule has 3 aromatic carbocycles. The molecule has 1 atom stereocenters. The fraction of sp³-hybridized carbons (Fsp3) is 0.194. The van der Waals surface area contributed by atoms with Gasteiger partial charge in [0.05, 0.1) is 0 Å². The number of carbonyl (C=O) groups is 3. The van der Waals surface area contributed by atoms with Crippen molar-refractivity contribution in [2.45, 2.75) is 25.3 Å². The number of furan rings is 2. The Kier molecular flexibility index (Phi) is 8.02. The van der Waals surface area contributed by atoms with E-state index in [1.807, 2.05) is 66.7 Å². The number of para-hydroxylation sites is 2. The summed E-state index contributed by atoms with van der Waals surface area (Å²) in [4.78, 5) is 38.6. The molecule has 0 fully saturated rings. The van der Waals surface area contributed by atoms with E-state index in [2.05, 4.69) is 16.0 Å². The quantitative estimate of drug-likeness (QED) is 0.214. The fourth-order valence-electron chi connectivity index (χ4n) is 4.38. The van der Waals surface area contributed by atoms with Gasteiger partial charge in [-0.05, 0) is 49.1 Å². The van der Waals surface area contributed by atoms with Gasteiger partial charge in [-0.15, -0.1) is 0 Å². The lowest BCUT2D eigenvalue weighted by Gasteiger charge is -2.18. The van der Waals surface area contributed by atoms with E-state index < -0.39 is 11.9 Å². The number of benzene rings is 3. The normalized spacial score (nSPS) is 11.8. The summed E-state index contributed by atoms with van der Waals surface area (Å²) in [5.41, 5.74) is 2.34. The second-order valence-electron chi connectivity index (χ2n) is 9.25. The van der Waals surface area contributed by atoms with Crippen molar-refractivity contribution in [3.8, 4) is 0 Å². The summed E-state index contributed by atoms with van der Waals surface area (Å²) in [6.45, 7) is 0.743. The van der Waals surface area contributed by atoms with Crippen LogP contribution in [0.15, 0.2) is 99.8 Å². The van der Waals surface area contributed by atoms with Crippen LogP contribution in [0, 0.1) is 0 Å². The molecule has 0 aliphatic heterocycles. The predicted octanol–water partition coefficient (Wildman–Crippen LogP) is 4.85. The van der Waals surface area contributed by atoms with E-state index in [1.54, 1.807) is 24.3 Å². The van der Waals surface area contributed by atoms with Gasteiger partial charge >= 0.3 is 0 Å². The first kappa shape index (κ1) is 25.8. The Morgan fingerprint density at radius 2 is 1.26 bits per heavy atom. The summed E-state index contributed by atoms with van der Waals surface area (Å²) in [5, 5.41) is 10.2. The Hall–Kier alpha value is -4.85. The van der Waals surface area contributed by atoms with Crippen molar-refractivity contribution < 1.29 is 23.2 Å². The fourth-order valence-corrected chi connectivity index (χ4v) is 4.38. The summed E-state index contributed by atoms with van der Waals surface area (Å²) < 4.78 is 11.3. The van der Waals surface area contributed by atoms with Crippen molar-refractivity contribution in [1.29, 1.82) is 0 Å². The smallest absolute Gasteiger partial charge is 0.287 e. The van der Waals surface area contributed by atoms with E-state index in [4.69, 9.17) is 8.83 Å². The molecule has 0 spiro atoms. The van der Waals surface area contributed by atoms with E-state index in [0.717, 1.165) is 16.3 Å². The number of carbonyl (C=O) groups excluding carboxylic acids is 3. The molecular formula is C31H29N3O5. The van der Waals surface area contributed by atoms with Crippen molar-refractivity contribution in [3.63, 3.8) is 0 Å². The van der Waals surface area contributed by atoms with Crippen LogP contribution < -0.4 is 16.0 Å². The van der Waals surface area contributed by atoms with Gasteiger partial charge in [-0.25, -0.2) is 0 Å². The number of hydrogen-bond donors (Lipinski definition) is 3. The van der Waals surface area contributed by atoms with E-state index in [0.29, 0.717) is 43.5 Å². The SMILES string of the molecule is O=C(NCCC[C@H](NC(=O)c1cc2ccccc2o1)C(=O)NCCc1ccccc1)c1cc2ccccc2o1. The van der Waals surface area contributed by atoms with Crippen LogP contribution in [0.2, 0.25) is 0 Å². The molecule has 0 aliphatic rings. The summed E-state index contributed by atoms with van der Waals surface area (Å²) in [6, 6.07) is 27.1. The monoisotopic (exact) mass is 523 g/mol. The third kappa shape index (κ3) is 6.54. The topological polar surface area (TPSA) is 114 Å². The number of hydrogen-bond acceptors (Lipinski definition) is 5. The third-order valence-electron chi connectivity index (χ3n) is 6.43. The lowest BCUT2D eigenvalue weighted by atomic mass is 10.1. The number of fused-ring (bicyclic) bond motifs is 2. The highest BCUT2D eigenvalue weighted by Crippen LogP contribution is 2.20. The van der Waals surface area contributed by atoms with Gasteiger partial charge in [0.15, 0.2) is 11.5 Å². The molecular weight excluding hydrogens is 494 g/mol. The van der Waals surface area contributed by atoms with E-state index >= 15 is 0 Å². The Bertz CT molecular complexity index is 1520. The molecule has 0 saturated heterocycles. The van der Waals surface area contributed by atoms with Crippen LogP contribution in [0.4, 0.5) is 0 Å². The highest BCUT2D eigenvalue weighted by molar-refractivity contribution is 5.99. The number of amides is 3. The Balaban J connectivity index is 1.18. The average molecular weight is 524 g/mol. The standard InChI is InChI=1S/C31H29N3O5/c35-29(33-18-16-21-9-2-1-3-10-21)24(34-31(37)28-20-23-12-5-7-15-26(23)39-28)13-8-17-32-30(36)27-19-22-11-4-6-14-25(22)38-27/h1-7,9-12,14-15,19-20,24H,8,13,16-18H2,(H,32,36)(H,33,35)(H,34,37)/t24-/m0/s1. The van der Waals surface area contributed by atoms with Gasteiger partial charge in [-0.2, -0.15) is 0 Å². The minimum Gasteiger partial charge on any atom is -0.451 e. The maximum atomic E-state index is 13.1. The van der Waals surface area contributed by atoms with Crippen LogP contribution in [0.5, 0.6) is 0 Å². The highest BCUT2D eigenvalue weighted by Gasteiger charge is 2.23. The first-order chi connectivity index (χ1) is 19.1. The van der Waals surface area contributed by atoms with Crippen molar-refractivity contribution in [2.24, 2.45) is 0 Å². The molecule has 198 valence electrons. The van der Waals surface area contributed by atoms with Gasteiger partial charge in [0.2, 0.25) is 5.91 Å². The zero-order valence-corrected chi connectivity index (χ0v) is 21.3. The molecule has 5 rings (SSSR count). The van der Waals surface area contributed by atoms with Crippen LogP contribution in [0.3, 0.4) is 0 Å². The molecule has 0 radical (unpaired) electrons. The molecule has 3 N–H and O–H groups in total. The second-order valence-corrected chi connectivity index (χ2v) is 9.25. The molecule has 2 aromatic heterocycles. The highest BCUT2D eigenvalue weighted by atomic mass is 16.4. The summed E-state index contributed by atoms with van der Waals surface area (Å²) >= 11 is 0. The molecule has 0 saturated carbocycles.